The second-order valence-corrected chi connectivity index (χ2v) is 5.64. The SMILES string of the molecule is Cc1ccc(C)c(OCC(=O)NNC(=O)CCc2ccccc2)c1. The summed E-state index contributed by atoms with van der Waals surface area (Å²) in [6.07, 6.45) is 0.934. The van der Waals surface area contributed by atoms with Crippen molar-refractivity contribution >= 4 is 11.8 Å². The summed E-state index contributed by atoms with van der Waals surface area (Å²) in [4.78, 5) is 23.5. The third-order valence-corrected chi connectivity index (χ3v) is 3.53. The maximum absolute atomic E-state index is 11.7. The molecule has 0 aliphatic heterocycles. The summed E-state index contributed by atoms with van der Waals surface area (Å²) >= 11 is 0. The van der Waals surface area contributed by atoms with Gasteiger partial charge in [-0.2, -0.15) is 0 Å². The molecule has 126 valence electrons. The van der Waals surface area contributed by atoms with Crippen LogP contribution in [0.25, 0.3) is 0 Å². The van der Waals surface area contributed by atoms with E-state index in [1.165, 1.54) is 0 Å². The average Bonchev–Trinajstić information content (AvgIpc) is 2.59. The van der Waals surface area contributed by atoms with Gasteiger partial charge in [0.25, 0.3) is 5.91 Å². The van der Waals surface area contributed by atoms with Gasteiger partial charge in [-0.15, -0.1) is 0 Å². The highest BCUT2D eigenvalue weighted by molar-refractivity contribution is 5.82. The van der Waals surface area contributed by atoms with Crippen molar-refractivity contribution in [2.45, 2.75) is 26.7 Å². The van der Waals surface area contributed by atoms with E-state index in [1.807, 2.05) is 62.4 Å². The van der Waals surface area contributed by atoms with Gasteiger partial charge < -0.3 is 4.74 Å². The molecule has 0 unspecified atom stereocenters. The lowest BCUT2D eigenvalue weighted by molar-refractivity contribution is -0.130. The number of rotatable bonds is 6. The molecule has 2 aromatic carbocycles. The van der Waals surface area contributed by atoms with Crippen LogP contribution in [0.2, 0.25) is 0 Å². The number of hydrazine groups is 1. The highest BCUT2D eigenvalue weighted by Gasteiger charge is 2.07. The Morgan fingerprint density at radius 3 is 2.42 bits per heavy atom. The van der Waals surface area contributed by atoms with Gasteiger partial charge in [-0.25, -0.2) is 0 Å². The van der Waals surface area contributed by atoms with Gasteiger partial charge in [0, 0.05) is 6.42 Å². The second-order valence-electron chi connectivity index (χ2n) is 5.64. The first-order chi connectivity index (χ1) is 11.5. The van der Waals surface area contributed by atoms with Gasteiger partial charge in [-0.05, 0) is 43.0 Å². The van der Waals surface area contributed by atoms with Crippen LogP contribution in [0.5, 0.6) is 5.75 Å². The van der Waals surface area contributed by atoms with Gasteiger partial charge in [-0.1, -0.05) is 42.5 Å². The zero-order chi connectivity index (χ0) is 17.4. The molecule has 0 fully saturated rings. The third-order valence-electron chi connectivity index (χ3n) is 3.53. The number of benzene rings is 2. The summed E-state index contributed by atoms with van der Waals surface area (Å²) in [6.45, 7) is 3.72. The average molecular weight is 326 g/mol. The van der Waals surface area contributed by atoms with Crippen molar-refractivity contribution in [2.75, 3.05) is 6.61 Å². The van der Waals surface area contributed by atoms with Crippen molar-refractivity contribution < 1.29 is 14.3 Å². The van der Waals surface area contributed by atoms with Crippen LogP contribution in [0.1, 0.15) is 23.1 Å². The molecule has 2 aromatic rings. The molecule has 2 amide bonds. The van der Waals surface area contributed by atoms with Gasteiger partial charge in [0.15, 0.2) is 6.61 Å². The molecule has 5 nitrogen and oxygen atoms in total. The zero-order valence-electron chi connectivity index (χ0n) is 14.0. The predicted molar refractivity (Wildman–Crippen MR) is 92.5 cm³/mol. The summed E-state index contributed by atoms with van der Waals surface area (Å²) in [5.74, 6) is 0.0310. The maximum atomic E-state index is 11.7. The smallest absolute Gasteiger partial charge is 0.276 e. The third kappa shape index (κ3) is 5.76. The molecule has 0 heterocycles. The monoisotopic (exact) mass is 326 g/mol. The minimum absolute atomic E-state index is 0.150. The molecule has 2 rings (SSSR count). The topological polar surface area (TPSA) is 67.4 Å². The normalized spacial score (nSPS) is 10.1. The molecule has 0 aromatic heterocycles. The molecule has 0 saturated carbocycles. The molecule has 0 saturated heterocycles. The number of hydrogen-bond donors (Lipinski definition) is 2. The number of carbonyl (C=O) groups is 2. The van der Waals surface area contributed by atoms with E-state index in [9.17, 15) is 9.59 Å². The lowest BCUT2D eigenvalue weighted by Gasteiger charge is -2.11. The van der Waals surface area contributed by atoms with Gasteiger partial charge in [0.1, 0.15) is 5.75 Å². The predicted octanol–water partition coefficient (Wildman–Crippen LogP) is 2.46. The van der Waals surface area contributed by atoms with E-state index in [0.717, 1.165) is 16.7 Å². The fraction of sp³-hybridized carbons (Fsp3) is 0.263. The van der Waals surface area contributed by atoms with Crippen molar-refractivity contribution in [2.24, 2.45) is 0 Å². The quantitative estimate of drug-likeness (QED) is 0.801. The number of amides is 2. The Labute approximate surface area is 142 Å². The van der Waals surface area contributed by atoms with Crippen molar-refractivity contribution in [3.05, 3.63) is 65.2 Å². The fourth-order valence-corrected chi connectivity index (χ4v) is 2.15. The van der Waals surface area contributed by atoms with Crippen LogP contribution in [-0.4, -0.2) is 18.4 Å². The summed E-state index contributed by atoms with van der Waals surface area (Å²) in [6, 6.07) is 15.5. The minimum atomic E-state index is -0.399. The molecule has 0 atom stereocenters. The number of ether oxygens (including phenoxy) is 1. The molecular weight excluding hydrogens is 304 g/mol. The van der Waals surface area contributed by atoms with Crippen LogP contribution in [0.4, 0.5) is 0 Å². The van der Waals surface area contributed by atoms with Gasteiger partial charge in [0.05, 0.1) is 0 Å². The largest absolute Gasteiger partial charge is 0.483 e. The lowest BCUT2D eigenvalue weighted by atomic mass is 10.1. The Kier molecular flexibility index (Phi) is 6.37. The Morgan fingerprint density at radius 1 is 0.958 bits per heavy atom. The first-order valence-electron chi connectivity index (χ1n) is 7.86. The lowest BCUT2D eigenvalue weighted by Crippen LogP contribution is -2.43. The summed E-state index contributed by atoms with van der Waals surface area (Å²) < 4.78 is 5.48. The van der Waals surface area contributed by atoms with Crippen LogP contribution >= 0.6 is 0 Å². The minimum Gasteiger partial charge on any atom is -0.483 e. The Hall–Kier alpha value is -2.82. The molecule has 0 spiro atoms. The van der Waals surface area contributed by atoms with Crippen LogP contribution in [0, 0.1) is 13.8 Å². The van der Waals surface area contributed by atoms with E-state index in [1.54, 1.807) is 0 Å². The summed E-state index contributed by atoms with van der Waals surface area (Å²) in [5, 5.41) is 0. The van der Waals surface area contributed by atoms with E-state index < -0.39 is 5.91 Å². The molecule has 5 heteroatoms. The van der Waals surface area contributed by atoms with Gasteiger partial charge >= 0.3 is 0 Å². The van der Waals surface area contributed by atoms with Crippen LogP contribution in [0.15, 0.2) is 48.5 Å². The number of hydrogen-bond acceptors (Lipinski definition) is 3. The maximum Gasteiger partial charge on any atom is 0.276 e. The fourth-order valence-electron chi connectivity index (χ4n) is 2.15. The number of carbonyl (C=O) groups excluding carboxylic acids is 2. The second kappa shape index (κ2) is 8.72. The first kappa shape index (κ1) is 17.5. The summed E-state index contributed by atoms with van der Waals surface area (Å²) in [5.41, 5.74) is 7.86. The van der Waals surface area contributed by atoms with Crippen molar-refractivity contribution in [3.63, 3.8) is 0 Å². The number of nitrogens with one attached hydrogen (secondary N) is 2. The molecular formula is C19H22N2O3. The Morgan fingerprint density at radius 2 is 1.67 bits per heavy atom. The zero-order valence-corrected chi connectivity index (χ0v) is 14.0. The Bertz CT molecular complexity index is 699. The molecule has 0 aliphatic rings. The highest BCUT2D eigenvalue weighted by atomic mass is 16.5. The highest BCUT2D eigenvalue weighted by Crippen LogP contribution is 2.18. The van der Waals surface area contributed by atoms with E-state index in [-0.39, 0.29) is 12.5 Å². The van der Waals surface area contributed by atoms with Crippen molar-refractivity contribution in [1.29, 1.82) is 0 Å². The standard InChI is InChI=1S/C19H22N2O3/c1-14-8-9-15(2)17(12-14)24-13-19(23)21-20-18(22)11-10-16-6-4-3-5-7-16/h3-9,12H,10-11,13H2,1-2H3,(H,20,22)(H,21,23). The molecule has 0 bridgehead atoms. The molecule has 0 radical (unpaired) electrons. The number of aryl methyl sites for hydroxylation is 3. The van der Waals surface area contributed by atoms with E-state index in [4.69, 9.17) is 4.74 Å². The van der Waals surface area contributed by atoms with Crippen molar-refractivity contribution in [1.82, 2.24) is 10.9 Å². The molecule has 24 heavy (non-hydrogen) atoms. The van der Waals surface area contributed by atoms with Crippen LogP contribution in [0.3, 0.4) is 0 Å². The van der Waals surface area contributed by atoms with Crippen LogP contribution < -0.4 is 15.6 Å². The van der Waals surface area contributed by atoms with Crippen LogP contribution in [-0.2, 0) is 16.0 Å². The first-order valence-corrected chi connectivity index (χ1v) is 7.86. The van der Waals surface area contributed by atoms with Gasteiger partial charge in [0.2, 0.25) is 5.91 Å². The van der Waals surface area contributed by atoms with E-state index in [0.29, 0.717) is 18.6 Å². The molecule has 0 aliphatic carbocycles. The summed E-state index contributed by atoms with van der Waals surface area (Å²) in [7, 11) is 0. The van der Waals surface area contributed by atoms with Crippen molar-refractivity contribution in [3.8, 4) is 5.75 Å². The molecule has 2 N–H and O–H groups in total. The van der Waals surface area contributed by atoms with Gasteiger partial charge in [-0.3, -0.25) is 20.4 Å². The van der Waals surface area contributed by atoms with E-state index >= 15 is 0 Å². The Balaban J connectivity index is 1.69. The van der Waals surface area contributed by atoms with E-state index in [2.05, 4.69) is 10.9 Å².